The lowest BCUT2D eigenvalue weighted by atomic mass is 9.95. The second kappa shape index (κ2) is 9.21. The minimum absolute atomic E-state index is 0.0284. The molecule has 1 N–H and O–H groups in total. The quantitative estimate of drug-likeness (QED) is 0.732. The smallest absolute Gasteiger partial charge is 0.405 e. The molecule has 2 rings (SSSR count). The van der Waals surface area contributed by atoms with Crippen LogP contribution in [0, 0.1) is 5.92 Å². The number of Topliss-reactive ketones (excluding diaryl/α,β-unsaturated/α-hetero) is 1. The van der Waals surface area contributed by atoms with Crippen LogP contribution >= 0.6 is 0 Å². The van der Waals surface area contributed by atoms with Gasteiger partial charge in [-0.3, -0.25) is 14.5 Å². The van der Waals surface area contributed by atoms with E-state index in [4.69, 9.17) is 4.74 Å². The Labute approximate surface area is 156 Å². The third-order valence-corrected chi connectivity index (χ3v) is 4.58. The topological polar surface area (TPSA) is 58.6 Å². The van der Waals surface area contributed by atoms with Crippen molar-refractivity contribution in [2.24, 2.45) is 5.92 Å². The monoisotopic (exact) mass is 386 g/mol. The summed E-state index contributed by atoms with van der Waals surface area (Å²) in [6.45, 7) is 4.36. The Kier molecular flexibility index (Phi) is 7.24. The Morgan fingerprint density at radius 2 is 1.93 bits per heavy atom. The zero-order valence-electron chi connectivity index (χ0n) is 15.6. The van der Waals surface area contributed by atoms with Gasteiger partial charge in [0.1, 0.15) is 12.3 Å². The number of alkyl halides is 3. The van der Waals surface area contributed by atoms with Crippen LogP contribution in [0.15, 0.2) is 18.2 Å². The first-order valence-electron chi connectivity index (χ1n) is 9.03. The molecule has 1 amide bonds. The number of nitrogens with one attached hydrogen (secondary N) is 1. The number of benzene rings is 1. The van der Waals surface area contributed by atoms with Crippen molar-refractivity contribution >= 4 is 11.7 Å². The molecule has 5 nitrogen and oxygen atoms in total. The molecule has 1 aliphatic heterocycles. The van der Waals surface area contributed by atoms with Crippen LogP contribution in [0.3, 0.4) is 0 Å². The molecule has 1 fully saturated rings. The van der Waals surface area contributed by atoms with E-state index < -0.39 is 24.5 Å². The lowest BCUT2D eigenvalue weighted by molar-refractivity contribution is -0.141. The van der Waals surface area contributed by atoms with Crippen LogP contribution in [0.2, 0.25) is 0 Å². The number of likely N-dealkylation sites (tertiary alicyclic amines) is 1. The highest BCUT2D eigenvalue weighted by molar-refractivity contribution is 5.94. The average molecular weight is 386 g/mol. The first-order valence-corrected chi connectivity index (χ1v) is 9.03. The number of carbonyl (C=O) groups is 2. The maximum absolute atomic E-state index is 12.2. The van der Waals surface area contributed by atoms with Gasteiger partial charge < -0.3 is 10.1 Å². The van der Waals surface area contributed by atoms with Crippen LogP contribution in [-0.4, -0.2) is 49.0 Å². The van der Waals surface area contributed by atoms with Gasteiger partial charge in [0.15, 0.2) is 5.78 Å². The van der Waals surface area contributed by atoms with Crippen molar-refractivity contribution in [1.82, 2.24) is 10.2 Å². The number of ketones is 1. The number of carbonyl (C=O) groups excluding carboxylic acids is 2. The average Bonchev–Trinajstić information content (AvgIpc) is 2.61. The fourth-order valence-corrected chi connectivity index (χ4v) is 3.14. The van der Waals surface area contributed by atoms with Gasteiger partial charge >= 0.3 is 6.18 Å². The van der Waals surface area contributed by atoms with Gasteiger partial charge in [-0.2, -0.15) is 13.2 Å². The molecular weight excluding hydrogens is 361 g/mol. The third kappa shape index (κ3) is 6.53. The molecule has 1 saturated heterocycles. The van der Waals surface area contributed by atoms with Crippen LogP contribution in [0.1, 0.15) is 42.6 Å². The van der Waals surface area contributed by atoms with Gasteiger partial charge in [-0.05, 0) is 58.0 Å². The van der Waals surface area contributed by atoms with E-state index in [0.717, 1.165) is 5.56 Å². The summed E-state index contributed by atoms with van der Waals surface area (Å²) >= 11 is 0. The summed E-state index contributed by atoms with van der Waals surface area (Å²) < 4.78 is 42.3. The third-order valence-electron chi connectivity index (χ3n) is 4.58. The van der Waals surface area contributed by atoms with Gasteiger partial charge in [0.25, 0.3) is 0 Å². The first kappa shape index (κ1) is 21.2. The van der Waals surface area contributed by atoms with Gasteiger partial charge in [-0.1, -0.05) is 0 Å². The molecule has 150 valence electrons. The van der Waals surface area contributed by atoms with Gasteiger partial charge in [-0.25, -0.2) is 0 Å². The lowest BCUT2D eigenvalue weighted by Crippen LogP contribution is -2.42. The van der Waals surface area contributed by atoms with Gasteiger partial charge in [0.05, 0.1) is 6.61 Å². The Hall–Kier alpha value is -2.09. The predicted octanol–water partition coefficient (Wildman–Crippen LogP) is 3.18. The molecule has 0 unspecified atom stereocenters. The fourth-order valence-electron chi connectivity index (χ4n) is 3.14. The van der Waals surface area contributed by atoms with Crippen molar-refractivity contribution in [3.8, 4) is 5.75 Å². The van der Waals surface area contributed by atoms with E-state index in [9.17, 15) is 22.8 Å². The minimum Gasteiger partial charge on any atom is -0.494 e. The van der Waals surface area contributed by atoms with Crippen LogP contribution in [0.4, 0.5) is 13.2 Å². The Bertz CT molecular complexity index is 669. The zero-order chi connectivity index (χ0) is 20.0. The van der Waals surface area contributed by atoms with Crippen LogP contribution in [0.25, 0.3) is 0 Å². The summed E-state index contributed by atoms with van der Waals surface area (Å²) in [6, 6.07) is 5.33. The van der Waals surface area contributed by atoms with E-state index in [1.54, 1.807) is 12.1 Å². The van der Waals surface area contributed by atoms with Gasteiger partial charge in [-0.15, -0.1) is 0 Å². The summed E-state index contributed by atoms with van der Waals surface area (Å²) in [5.74, 6) is -0.258. The number of nitrogens with zero attached hydrogens (tertiary/aromatic N) is 1. The molecule has 0 bridgehead atoms. The number of hydrogen-bond donors (Lipinski definition) is 1. The molecule has 0 atom stereocenters. The number of amides is 1. The van der Waals surface area contributed by atoms with Crippen LogP contribution < -0.4 is 10.1 Å². The highest BCUT2D eigenvalue weighted by atomic mass is 19.4. The standard InChI is InChI=1S/C19H25F3N2O3/c1-3-27-17-5-4-15(13(2)25)10-16(17)11-24-8-6-14(7-9-24)18(26)23-12-19(20,21)22/h4-5,10,14H,3,6-9,11-12H2,1-2H3,(H,23,26). The maximum atomic E-state index is 12.2. The summed E-state index contributed by atoms with van der Waals surface area (Å²) in [6.07, 6.45) is -3.39. The van der Waals surface area contributed by atoms with E-state index in [-0.39, 0.29) is 5.78 Å². The van der Waals surface area contributed by atoms with E-state index in [2.05, 4.69) is 4.90 Å². The Balaban J connectivity index is 1.94. The Morgan fingerprint density at radius 3 is 2.48 bits per heavy atom. The number of rotatable bonds is 7. The highest BCUT2D eigenvalue weighted by Crippen LogP contribution is 2.25. The second-order valence-electron chi connectivity index (χ2n) is 6.70. The Morgan fingerprint density at radius 1 is 1.26 bits per heavy atom. The summed E-state index contributed by atoms with van der Waals surface area (Å²) in [7, 11) is 0. The second-order valence-corrected chi connectivity index (χ2v) is 6.70. The minimum atomic E-state index is -4.40. The van der Waals surface area contributed by atoms with Crippen LogP contribution in [0.5, 0.6) is 5.75 Å². The molecule has 27 heavy (non-hydrogen) atoms. The zero-order valence-corrected chi connectivity index (χ0v) is 15.6. The van der Waals surface area contributed by atoms with E-state index >= 15 is 0 Å². The maximum Gasteiger partial charge on any atom is 0.405 e. The summed E-state index contributed by atoms with van der Waals surface area (Å²) in [4.78, 5) is 25.6. The number of ether oxygens (including phenoxy) is 1. The normalized spacial score (nSPS) is 16.2. The molecule has 0 spiro atoms. The van der Waals surface area contributed by atoms with E-state index in [1.807, 2.05) is 18.3 Å². The fraction of sp³-hybridized carbons (Fsp3) is 0.579. The first-order chi connectivity index (χ1) is 12.7. The lowest BCUT2D eigenvalue weighted by Gasteiger charge is -2.31. The SMILES string of the molecule is CCOc1ccc(C(C)=O)cc1CN1CCC(C(=O)NCC(F)(F)F)CC1. The summed E-state index contributed by atoms with van der Waals surface area (Å²) in [5, 5.41) is 1.96. The van der Waals surface area contributed by atoms with Crippen molar-refractivity contribution in [2.45, 2.75) is 39.4 Å². The van der Waals surface area contributed by atoms with Gasteiger partial charge in [0.2, 0.25) is 5.91 Å². The molecule has 0 aliphatic carbocycles. The molecule has 1 aromatic rings. The predicted molar refractivity (Wildman–Crippen MR) is 94.7 cm³/mol. The molecule has 1 heterocycles. The van der Waals surface area contributed by atoms with Crippen molar-refractivity contribution < 1.29 is 27.5 Å². The van der Waals surface area contributed by atoms with E-state index in [0.29, 0.717) is 50.4 Å². The molecule has 8 heteroatoms. The number of hydrogen-bond acceptors (Lipinski definition) is 4. The molecule has 0 aromatic heterocycles. The van der Waals surface area contributed by atoms with Crippen molar-refractivity contribution in [1.29, 1.82) is 0 Å². The molecule has 0 radical (unpaired) electrons. The van der Waals surface area contributed by atoms with Crippen molar-refractivity contribution in [3.63, 3.8) is 0 Å². The largest absolute Gasteiger partial charge is 0.494 e. The number of halogens is 3. The molecule has 1 aliphatic rings. The molecular formula is C19H25F3N2O3. The molecule has 1 aromatic carbocycles. The number of piperidine rings is 1. The molecule has 0 saturated carbocycles. The van der Waals surface area contributed by atoms with Crippen molar-refractivity contribution in [3.05, 3.63) is 29.3 Å². The highest BCUT2D eigenvalue weighted by Gasteiger charge is 2.31. The summed E-state index contributed by atoms with van der Waals surface area (Å²) in [5.41, 5.74) is 1.50. The van der Waals surface area contributed by atoms with Crippen molar-refractivity contribution in [2.75, 3.05) is 26.2 Å². The van der Waals surface area contributed by atoms with E-state index in [1.165, 1.54) is 6.92 Å². The van der Waals surface area contributed by atoms with Crippen LogP contribution in [-0.2, 0) is 11.3 Å². The van der Waals surface area contributed by atoms with Gasteiger partial charge in [0, 0.05) is 23.6 Å².